The van der Waals surface area contributed by atoms with E-state index in [-0.39, 0.29) is 12.6 Å². The summed E-state index contributed by atoms with van der Waals surface area (Å²) in [5, 5.41) is 10.6. The zero-order valence-corrected chi connectivity index (χ0v) is 19.5. The molecule has 5 rings (SSSR count). The Morgan fingerprint density at radius 3 is 2.82 bits per heavy atom. The van der Waals surface area contributed by atoms with Crippen molar-refractivity contribution in [2.24, 2.45) is 5.92 Å². The Morgan fingerprint density at radius 1 is 1.27 bits per heavy atom. The van der Waals surface area contributed by atoms with Gasteiger partial charge in [-0.2, -0.15) is 0 Å². The van der Waals surface area contributed by atoms with E-state index in [9.17, 15) is 13.5 Å². The second kappa shape index (κ2) is 8.68. The van der Waals surface area contributed by atoms with Crippen molar-refractivity contribution in [2.75, 3.05) is 31.6 Å². The fraction of sp³-hybridized carbons (Fsp3) is 0.478. The molecule has 2 aromatic heterocycles. The van der Waals surface area contributed by atoms with Gasteiger partial charge in [0.1, 0.15) is 17.8 Å². The molecule has 1 aliphatic carbocycles. The summed E-state index contributed by atoms with van der Waals surface area (Å²) in [6, 6.07) is 8.14. The number of benzene rings is 1. The molecule has 0 unspecified atom stereocenters. The zero-order chi connectivity index (χ0) is 23.2. The third kappa shape index (κ3) is 4.74. The molecule has 0 bridgehead atoms. The first kappa shape index (κ1) is 22.3. The van der Waals surface area contributed by atoms with Gasteiger partial charge in [-0.15, -0.1) is 0 Å². The van der Waals surface area contributed by atoms with Crippen LogP contribution in [0.15, 0.2) is 36.8 Å². The molecule has 176 valence electrons. The van der Waals surface area contributed by atoms with E-state index >= 15 is 0 Å². The number of β-amino-alcohol motifs (C(OH)–C–C–N with tert-alkyl or cyclic N) is 1. The molecule has 1 aromatic carbocycles. The highest BCUT2D eigenvalue weighted by Gasteiger charge is 2.34. The number of aliphatic hydroxyl groups excluding tert-OH is 1. The number of aromatic nitrogens is 3. The first-order valence-corrected chi connectivity index (χ1v) is 13.2. The van der Waals surface area contributed by atoms with Crippen LogP contribution in [0, 0.1) is 5.92 Å². The van der Waals surface area contributed by atoms with Gasteiger partial charge in [0.05, 0.1) is 17.7 Å². The fourth-order valence-corrected chi connectivity index (χ4v) is 5.52. The molecule has 33 heavy (non-hydrogen) atoms. The minimum atomic E-state index is -3.27. The van der Waals surface area contributed by atoms with Gasteiger partial charge in [-0.1, -0.05) is 18.2 Å². The quantitative estimate of drug-likeness (QED) is 0.480. The van der Waals surface area contributed by atoms with E-state index in [1.807, 2.05) is 24.3 Å². The molecule has 4 N–H and O–H groups in total. The summed E-state index contributed by atoms with van der Waals surface area (Å²) in [6.07, 6.45) is 7.60. The predicted molar refractivity (Wildman–Crippen MR) is 128 cm³/mol. The Bertz CT molecular complexity index is 1270. The number of sulfonamides is 1. The maximum atomic E-state index is 11.5. The van der Waals surface area contributed by atoms with Gasteiger partial charge >= 0.3 is 0 Å². The highest BCUT2D eigenvalue weighted by molar-refractivity contribution is 7.88. The number of hydrogen-bond acceptors (Lipinski definition) is 7. The predicted octanol–water partition coefficient (Wildman–Crippen LogP) is 1.75. The largest absolute Gasteiger partial charge is 0.392 e. The highest BCUT2D eigenvalue weighted by Crippen LogP contribution is 2.43. The number of nitrogens with one attached hydrogen (secondary N) is 1. The lowest BCUT2D eigenvalue weighted by Gasteiger charge is -2.38. The average molecular weight is 471 g/mol. The van der Waals surface area contributed by atoms with Gasteiger partial charge in [-0.3, -0.25) is 0 Å². The number of aliphatic hydroxyl groups is 1. The zero-order valence-electron chi connectivity index (χ0n) is 18.7. The van der Waals surface area contributed by atoms with Crippen LogP contribution in [0.25, 0.3) is 22.2 Å². The smallest absolute Gasteiger partial charge is 0.209 e. The van der Waals surface area contributed by atoms with Crippen molar-refractivity contribution in [2.45, 2.75) is 38.0 Å². The summed E-state index contributed by atoms with van der Waals surface area (Å²) in [5.41, 5.74) is 9.89. The van der Waals surface area contributed by atoms with Crippen molar-refractivity contribution in [1.29, 1.82) is 0 Å². The van der Waals surface area contributed by atoms with Gasteiger partial charge in [0.25, 0.3) is 0 Å². The first-order valence-electron chi connectivity index (χ1n) is 11.3. The van der Waals surface area contributed by atoms with Crippen molar-refractivity contribution >= 4 is 26.9 Å². The third-order valence-electron chi connectivity index (χ3n) is 6.78. The van der Waals surface area contributed by atoms with Crippen molar-refractivity contribution in [3.8, 4) is 11.1 Å². The van der Waals surface area contributed by atoms with Gasteiger partial charge in [0.15, 0.2) is 0 Å². The van der Waals surface area contributed by atoms with Crippen LogP contribution in [0.1, 0.15) is 30.9 Å². The Morgan fingerprint density at radius 2 is 2.09 bits per heavy atom. The number of rotatable bonds is 7. The second-order valence-electron chi connectivity index (χ2n) is 9.39. The first-order chi connectivity index (χ1) is 15.8. The summed E-state index contributed by atoms with van der Waals surface area (Å²) < 4.78 is 27.7. The number of likely N-dealkylation sites (tertiary alicyclic amines) is 1. The van der Waals surface area contributed by atoms with Crippen LogP contribution in [0.3, 0.4) is 0 Å². The number of hydrogen-bond donors (Lipinski definition) is 3. The van der Waals surface area contributed by atoms with Gasteiger partial charge < -0.3 is 20.3 Å². The molecule has 0 radical (unpaired) electrons. The maximum absolute atomic E-state index is 11.5. The lowest BCUT2D eigenvalue weighted by molar-refractivity contribution is 0.128. The summed E-state index contributed by atoms with van der Waals surface area (Å²) in [6.45, 7) is 3.03. The molecule has 2 aliphatic rings. The lowest BCUT2D eigenvalue weighted by Crippen LogP contribution is -2.36. The molecule has 1 saturated heterocycles. The minimum Gasteiger partial charge on any atom is -0.392 e. The van der Waals surface area contributed by atoms with E-state index in [1.165, 1.54) is 6.33 Å². The van der Waals surface area contributed by atoms with Gasteiger partial charge in [-0.05, 0) is 42.4 Å². The number of nitrogens with zero attached hydrogens (tertiary/aromatic N) is 4. The monoisotopic (exact) mass is 470 g/mol. The van der Waals surface area contributed by atoms with Crippen LogP contribution in [0.4, 0.5) is 5.82 Å². The fourth-order valence-electron chi connectivity index (χ4n) is 5.09. The second-order valence-corrected chi connectivity index (χ2v) is 11.2. The molecule has 1 saturated carbocycles. The van der Waals surface area contributed by atoms with Crippen LogP contribution in [-0.4, -0.2) is 65.0 Å². The van der Waals surface area contributed by atoms with Gasteiger partial charge in [0.2, 0.25) is 10.0 Å². The van der Waals surface area contributed by atoms with Crippen molar-refractivity contribution in [3.05, 3.63) is 42.4 Å². The van der Waals surface area contributed by atoms with Gasteiger partial charge in [0, 0.05) is 44.0 Å². The van der Waals surface area contributed by atoms with Crippen LogP contribution >= 0.6 is 0 Å². The van der Waals surface area contributed by atoms with Gasteiger partial charge in [-0.25, -0.2) is 23.1 Å². The molecular formula is C23H30N6O3S. The Balaban J connectivity index is 1.40. The molecule has 0 amide bonds. The number of nitrogen functional groups attached to an aromatic ring is 1. The normalized spacial score (nSPS) is 23.8. The lowest BCUT2D eigenvalue weighted by atomic mass is 9.79. The van der Waals surface area contributed by atoms with Crippen LogP contribution in [0.5, 0.6) is 0 Å². The molecule has 10 heteroatoms. The van der Waals surface area contributed by atoms with E-state index in [0.717, 1.165) is 72.9 Å². The summed E-state index contributed by atoms with van der Waals surface area (Å²) >= 11 is 0. The Kier molecular flexibility index (Phi) is 5.86. The molecule has 1 aliphatic heterocycles. The van der Waals surface area contributed by atoms with Crippen LogP contribution in [0.2, 0.25) is 0 Å². The van der Waals surface area contributed by atoms with E-state index in [1.54, 1.807) is 0 Å². The van der Waals surface area contributed by atoms with Crippen molar-refractivity contribution in [3.63, 3.8) is 0 Å². The number of anilines is 1. The maximum Gasteiger partial charge on any atom is 0.209 e. The standard InChI is InChI=1S/C23H30N6O3S/c1-33(31,32)27-10-15-3-2-4-17(7-15)20-13-29(23-21(20)22(24)25-14-26-23)18-8-16(9-18)11-28-6-5-19(30)12-28/h2-4,7,13-14,16,18-19,27,30H,5-6,8-12H2,1H3,(H2,24,25,26)/t16-,18+,19-/m1/s1. The van der Waals surface area contributed by atoms with E-state index < -0.39 is 10.0 Å². The van der Waals surface area contributed by atoms with Crippen molar-refractivity contribution < 1.29 is 13.5 Å². The summed E-state index contributed by atoms with van der Waals surface area (Å²) in [4.78, 5) is 11.1. The van der Waals surface area contributed by atoms with Crippen molar-refractivity contribution in [1.82, 2.24) is 24.2 Å². The highest BCUT2D eigenvalue weighted by atomic mass is 32.2. The molecule has 3 heterocycles. The van der Waals surface area contributed by atoms with E-state index in [2.05, 4.69) is 30.4 Å². The van der Waals surface area contributed by atoms with E-state index in [0.29, 0.717) is 17.8 Å². The molecular weight excluding hydrogens is 440 g/mol. The van der Waals surface area contributed by atoms with Crippen LogP contribution < -0.4 is 10.5 Å². The third-order valence-corrected chi connectivity index (χ3v) is 7.45. The molecule has 2 fully saturated rings. The average Bonchev–Trinajstić information content (AvgIpc) is 3.33. The van der Waals surface area contributed by atoms with Crippen LogP contribution in [-0.2, 0) is 16.6 Å². The molecule has 0 spiro atoms. The molecule has 3 aromatic rings. The molecule has 9 nitrogen and oxygen atoms in total. The summed E-state index contributed by atoms with van der Waals surface area (Å²) in [5.74, 6) is 1.06. The Hall–Kier alpha value is -2.53. The van der Waals surface area contributed by atoms with E-state index in [4.69, 9.17) is 5.73 Å². The minimum absolute atomic E-state index is 0.181. The Labute approximate surface area is 193 Å². The topological polar surface area (TPSA) is 126 Å². The SMILES string of the molecule is CS(=O)(=O)NCc1cccc(-c2cn([C@H]3C[C@@H](CN4CC[C@@H](O)C4)C3)c3ncnc(N)c23)c1. The number of fused-ring (bicyclic) bond motifs is 1. The molecule has 1 atom stereocenters. The summed E-state index contributed by atoms with van der Waals surface area (Å²) in [7, 11) is -3.27. The number of nitrogens with two attached hydrogens (primary N) is 1.